The standard InChI is InChI=1S/C18H8Br10O/c19-9-7(10(20)14(24)17(27)13(9)23)3-1-5-29-6-2-4-8-11(21)15(25)18(28)16(26)12(8)22/h1-4H,5-6H2. The molecule has 0 saturated carbocycles. The number of rotatable bonds is 6. The molecule has 11 heteroatoms. The van der Waals surface area contributed by atoms with Gasteiger partial charge < -0.3 is 4.74 Å². The van der Waals surface area contributed by atoms with Gasteiger partial charge in [-0.2, -0.15) is 0 Å². The van der Waals surface area contributed by atoms with E-state index in [9.17, 15) is 0 Å². The molecule has 0 atom stereocenters. The number of hydrogen-bond donors (Lipinski definition) is 0. The van der Waals surface area contributed by atoms with Crippen LogP contribution in [0.1, 0.15) is 11.1 Å². The Bertz CT molecular complexity index is 860. The predicted molar refractivity (Wildman–Crippen MR) is 159 cm³/mol. The molecule has 0 amide bonds. The first-order valence-electron chi connectivity index (χ1n) is 7.53. The third kappa shape index (κ3) is 6.85. The summed E-state index contributed by atoms with van der Waals surface area (Å²) >= 11 is 35.8. The Hall–Kier alpha value is 2.68. The minimum absolute atomic E-state index is 0.491. The smallest absolute Gasteiger partial charge is 0.0655 e. The van der Waals surface area contributed by atoms with Crippen molar-refractivity contribution in [2.24, 2.45) is 0 Å². The zero-order valence-corrected chi connectivity index (χ0v) is 29.8. The average Bonchev–Trinajstić information content (AvgIpc) is 2.71. The highest BCUT2D eigenvalue weighted by Gasteiger charge is 2.16. The van der Waals surface area contributed by atoms with Gasteiger partial charge in [-0.3, -0.25) is 0 Å². The van der Waals surface area contributed by atoms with E-state index in [0.717, 1.165) is 55.9 Å². The predicted octanol–water partition coefficient (Wildman–Crippen LogP) is 12.1. The zero-order valence-electron chi connectivity index (χ0n) is 13.9. The molecule has 2 aromatic rings. The van der Waals surface area contributed by atoms with Crippen molar-refractivity contribution in [1.82, 2.24) is 0 Å². The summed E-state index contributed by atoms with van der Waals surface area (Å²) in [5.41, 5.74) is 2.03. The van der Waals surface area contributed by atoms with Crippen molar-refractivity contribution in [2.45, 2.75) is 0 Å². The molecule has 1 nitrogen and oxygen atoms in total. The molecule has 2 aromatic carbocycles. The van der Waals surface area contributed by atoms with Crippen LogP contribution in [0.3, 0.4) is 0 Å². The van der Waals surface area contributed by atoms with Gasteiger partial charge in [-0.05, 0) is 159 Å². The van der Waals surface area contributed by atoms with Gasteiger partial charge in [0.2, 0.25) is 0 Å². The number of halogens is 10. The van der Waals surface area contributed by atoms with Crippen LogP contribution in [0, 0.1) is 0 Å². The molecule has 2 rings (SSSR count). The van der Waals surface area contributed by atoms with E-state index in [4.69, 9.17) is 4.74 Å². The summed E-state index contributed by atoms with van der Waals surface area (Å²) in [6.45, 7) is 0.981. The van der Waals surface area contributed by atoms with Crippen LogP contribution < -0.4 is 0 Å². The lowest BCUT2D eigenvalue weighted by Gasteiger charge is -2.11. The first-order chi connectivity index (χ1) is 13.6. The van der Waals surface area contributed by atoms with Gasteiger partial charge in [0.15, 0.2) is 0 Å². The van der Waals surface area contributed by atoms with E-state index in [0.29, 0.717) is 13.2 Å². The Balaban J connectivity index is 2.02. The fourth-order valence-corrected chi connectivity index (χ4v) is 8.76. The number of hydrogen-bond acceptors (Lipinski definition) is 1. The Morgan fingerprint density at radius 2 is 0.655 bits per heavy atom. The van der Waals surface area contributed by atoms with Crippen molar-refractivity contribution in [3.05, 3.63) is 68.0 Å². The molecule has 0 saturated heterocycles. The topological polar surface area (TPSA) is 9.23 Å². The van der Waals surface area contributed by atoms with Crippen LogP contribution in [0.25, 0.3) is 12.2 Å². The molecule has 0 fully saturated rings. The molecular weight excluding hydrogens is 1030 g/mol. The molecule has 0 heterocycles. The maximum Gasteiger partial charge on any atom is 0.0655 e. The van der Waals surface area contributed by atoms with E-state index >= 15 is 0 Å². The highest BCUT2D eigenvalue weighted by Crippen LogP contribution is 2.46. The second kappa shape index (κ2) is 13.0. The summed E-state index contributed by atoms with van der Waals surface area (Å²) in [7, 11) is 0. The quantitative estimate of drug-likeness (QED) is 0.159. The monoisotopic (exact) mass is 1030 g/mol. The van der Waals surface area contributed by atoms with Crippen LogP contribution in [-0.4, -0.2) is 13.2 Å². The van der Waals surface area contributed by atoms with Gasteiger partial charge in [0, 0.05) is 55.9 Å². The van der Waals surface area contributed by atoms with Gasteiger partial charge in [-0.25, -0.2) is 0 Å². The highest BCUT2D eigenvalue weighted by molar-refractivity contribution is 9.16. The van der Waals surface area contributed by atoms with Gasteiger partial charge in [-0.15, -0.1) is 0 Å². The van der Waals surface area contributed by atoms with E-state index < -0.39 is 0 Å². The molecule has 29 heavy (non-hydrogen) atoms. The maximum atomic E-state index is 5.70. The van der Waals surface area contributed by atoms with Gasteiger partial charge in [0.1, 0.15) is 0 Å². The Kier molecular flexibility index (Phi) is 12.5. The van der Waals surface area contributed by atoms with Gasteiger partial charge in [-0.1, -0.05) is 24.3 Å². The zero-order chi connectivity index (χ0) is 21.9. The minimum Gasteiger partial charge on any atom is -0.373 e. The second-order valence-corrected chi connectivity index (χ2v) is 13.2. The van der Waals surface area contributed by atoms with Gasteiger partial charge in [0.05, 0.1) is 13.2 Å². The molecule has 0 unspecified atom stereocenters. The molecule has 156 valence electrons. The van der Waals surface area contributed by atoms with Crippen LogP contribution in [-0.2, 0) is 4.74 Å². The largest absolute Gasteiger partial charge is 0.373 e. The molecule has 0 aromatic heterocycles. The van der Waals surface area contributed by atoms with E-state index in [1.54, 1.807) is 0 Å². The summed E-state index contributed by atoms with van der Waals surface area (Å²) in [4.78, 5) is 0. The highest BCUT2D eigenvalue weighted by atomic mass is 79.9. The van der Waals surface area contributed by atoms with Crippen molar-refractivity contribution < 1.29 is 4.74 Å². The van der Waals surface area contributed by atoms with Crippen molar-refractivity contribution in [3.8, 4) is 0 Å². The van der Waals surface area contributed by atoms with Crippen molar-refractivity contribution in [2.75, 3.05) is 13.2 Å². The van der Waals surface area contributed by atoms with Crippen LogP contribution in [0.15, 0.2) is 56.9 Å². The lowest BCUT2D eigenvalue weighted by molar-refractivity contribution is 0.195. The summed E-state index contributed by atoms with van der Waals surface area (Å²) in [5, 5.41) is 0. The Labute approximate surface area is 253 Å². The molecule has 0 aliphatic carbocycles. The first-order valence-corrected chi connectivity index (χ1v) is 15.5. The summed E-state index contributed by atoms with van der Waals surface area (Å²) in [6, 6.07) is 0. The van der Waals surface area contributed by atoms with E-state index in [-0.39, 0.29) is 0 Å². The third-order valence-electron chi connectivity index (χ3n) is 3.48. The molecule has 0 bridgehead atoms. The molecule has 0 N–H and O–H groups in total. The van der Waals surface area contributed by atoms with E-state index in [2.05, 4.69) is 159 Å². The molecule has 0 spiro atoms. The average molecular weight is 1040 g/mol. The SMILES string of the molecule is Brc1c(Br)c(Br)c(C=CCOCC=Cc2c(Br)c(Br)c(Br)c(Br)c2Br)c(Br)c1Br. The molecular formula is C18H8Br10O. The van der Waals surface area contributed by atoms with Crippen LogP contribution in [0.2, 0.25) is 0 Å². The molecule has 0 radical (unpaired) electrons. The van der Waals surface area contributed by atoms with Gasteiger partial charge >= 0.3 is 0 Å². The van der Waals surface area contributed by atoms with Crippen molar-refractivity contribution in [3.63, 3.8) is 0 Å². The van der Waals surface area contributed by atoms with E-state index in [1.165, 1.54) is 0 Å². The Morgan fingerprint density at radius 1 is 0.414 bits per heavy atom. The van der Waals surface area contributed by atoms with Gasteiger partial charge in [0.25, 0.3) is 0 Å². The normalized spacial score (nSPS) is 11.9. The summed E-state index contributed by atoms with van der Waals surface area (Å²) in [5.74, 6) is 0. The molecule has 0 aliphatic rings. The lowest BCUT2D eigenvalue weighted by Crippen LogP contribution is -1.92. The van der Waals surface area contributed by atoms with Crippen molar-refractivity contribution in [1.29, 1.82) is 0 Å². The van der Waals surface area contributed by atoms with Crippen LogP contribution in [0.4, 0.5) is 0 Å². The van der Waals surface area contributed by atoms with E-state index in [1.807, 2.05) is 24.3 Å². The number of benzene rings is 2. The fraction of sp³-hybridized carbons (Fsp3) is 0.111. The first kappa shape index (κ1) is 27.9. The Morgan fingerprint density at radius 3 is 0.931 bits per heavy atom. The second-order valence-electron chi connectivity index (χ2n) is 5.31. The van der Waals surface area contributed by atoms with Crippen LogP contribution >= 0.6 is 159 Å². The lowest BCUT2D eigenvalue weighted by atomic mass is 10.2. The van der Waals surface area contributed by atoms with Crippen molar-refractivity contribution >= 4 is 171 Å². The van der Waals surface area contributed by atoms with Crippen LogP contribution in [0.5, 0.6) is 0 Å². The number of ether oxygens (including phenoxy) is 1. The minimum atomic E-state index is 0.491. The third-order valence-corrected chi connectivity index (χ3v) is 15.8. The fourth-order valence-electron chi connectivity index (χ4n) is 2.07. The molecule has 0 aliphatic heterocycles. The summed E-state index contributed by atoms with van der Waals surface area (Å²) in [6.07, 6.45) is 7.97. The summed E-state index contributed by atoms with van der Waals surface area (Å²) < 4.78 is 15.2. The maximum absolute atomic E-state index is 5.70.